The smallest absolute Gasteiger partial charge is 0.416 e. The van der Waals surface area contributed by atoms with E-state index in [2.05, 4.69) is 10.3 Å². The number of anilines is 1. The van der Waals surface area contributed by atoms with E-state index >= 15 is 0 Å². The quantitative estimate of drug-likeness (QED) is 0.874. The Bertz CT molecular complexity index is 728. The van der Waals surface area contributed by atoms with Crippen molar-refractivity contribution in [3.05, 3.63) is 45.9 Å². The van der Waals surface area contributed by atoms with Crippen LogP contribution in [0.5, 0.6) is 0 Å². The molecule has 1 aromatic heterocycles. The second kappa shape index (κ2) is 6.78. The van der Waals surface area contributed by atoms with Crippen LogP contribution >= 0.6 is 11.3 Å². The number of alkyl halides is 3. The van der Waals surface area contributed by atoms with E-state index in [9.17, 15) is 22.8 Å². The average molecular weight is 344 g/mol. The first-order valence-corrected chi connectivity index (χ1v) is 7.24. The van der Waals surface area contributed by atoms with E-state index in [1.54, 1.807) is 0 Å². The zero-order chi connectivity index (χ0) is 17.0. The number of hydrogen-bond donors (Lipinski definition) is 2. The molecule has 0 radical (unpaired) electrons. The molecule has 122 valence electrons. The molecule has 1 heterocycles. The molecule has 1 aromatic carbocycles. The third kappa shape index (κ3) is 5.06. The number of hydrogen-bond acceptors (Lipinski definition) is 4. The van der Waals surface area contributed by atoms with Gasteiger partial charge in [-0.05, 0) is 18.2 Å². The fourth-order valence-electron chi connectivity index (χ4n) is 1.78. The van der Waals surface area contributed by atoms with Crippen molar-refractivity contribution in [3.8, 4) is 0 Å². The molecule has 9 heteroatoms. The van der Waals surface area contributed by atoms with Crippen LogP contribution in [0.15, 0.2) is 29.6 Å². The number of carbonyl (C=O) groups is 2. The molecular formula is C14H11F3N2O3S. The Labute approximate surface area is 132 Å². The summed E-state index contributed by atoms with van der Waals surface area (Å²) in [5.74, 6) is -1.56. The minimum atomic E-state index is -4.48. The number of carboxylic acid groups (broad SMARTS) is 1. The van der Waals surface area contributed by atoms with Gasteiger partial charge in [0.1, 0.15) is 5.01 Å². The highest BCUT2D eigenvalue weighted by molar-refractivity contribution is 7.09. The second-order valence-electron chi connectivity index (χ2n) is 4.61. The van der Waals surface area contributed by atoms with Crippen LogP contribution in [0.25, 0.3) is 0 Å². The van der Waals surface area contributed by atoms with Crippen LogP contribution in [-0.2, 0) is 28.6 Å². The number of amides is 1. The van der Waals surface area contributed by atoms with Crippen LogP contribution in [-0.4, -0.2) is 22.0 Å². The predicted octanol–water partition coefficient (Wildman–Crippen LogP) is 2.97. The molecule has 1 amide bonds. The van der Waals surface area contributed by atoms with E-state index in [-0.39, 0.29) is 18.5 Å². The van der Waals surface area contributed by atoms with Gasteiger partial charge in [0, 0.05) is 11.1 Å². The number of benzene rings is 1. The summed E-state index contributed by atoms with van der Waals surface area (Å²) in [7, 11) is 0. The molecule has 5 nitrogen and oxygen atoms in total. The maximum Gasteiger partial charge on any atom is 0.416 e. The zero-order valence-electron chi connectivity index (χ0n) is 11.6. The fraction of sp³-hybridized carbons (Fsp3) is 0.214. The minimum absolute atomic E-state index is 0.0344. The van der Waals surface area contributed by atoms with Crippen LogP contribution in [0.1, 0.15) is 16.3 Å². The molecule has 0 atom stereocenters. The van der Waals surface area contributed by atoms with Crippen molar-refractivity contribution >= 4 is 28.9 Å². The first-order valence-electron chi connectivity index (χ1n) is 6.36. The summed E-state index contributed by atoms with van der Waals surface area (Å²) in [6, 6.07) is 4.31. The largest absolute Gasteiger partial charge is 0.481 e. The van der Waals surface area contributed by atoms with Gasteiger partial charge in [-0.25, -0.2) is 4.98 Å². The Kier molecular flexibility index (Phi) is 4.99. The second-order valence-corrected chi connectivity index (χ2v) is 5.55. The molecule has 23 heavy (non-hydrogen) atoms. The monoisotopic (exact) mass is 344 g/mol. The van der Waals surface area contributed by atoms with Crippen molar-refractivity contribution < 1.29 is 27.9 Å². The van der Waals surface area contributed by atoms with Crippen LogP contribution in [0, 0.1) is 0 Å². The summed E-state index contributed by atoms with van der Waals surface area (Å²) in [5, 5.41) is 12.9. The standard InChI is InChI=1S/C14H11F3N2O3S/c15-14(16,17)8-2-1-3-9(4-8)18-11(20)6-12-19-10(7-23-12)5-13(21)22/h1-4,7H,5-6H2,(H,18,20)(H,21,22). The molecule has 0 saturated heterocycles. The van der Waals surface area contributed by atoms with Crippen molar-refractivity contribution in [2.75, 3.05) is 5.32 Å². The number of nitrogens with zero attached hydrogens (tertiary/aromatic N) is 1. The normalized spacial score (nSPS) is 11.3. The molecule has 0 spiro atoms. The molecule has 0 fully saturated rings. The fourth-order valence-corrected chi connectivity index (χ4v) is 2.57. The number of rotatable bonds is 5. The number of aliphatic carboxylic acids is 1. The Morgan fingerprint density at radius 2 is 2.00 bits per heavy atom. The third-order valence-corrected chi connectivity index (χ3v) is 3.61. The van der Waals surface area contributed by atoms with Crippen LogP contribution < -0.4 is 5.32 Å². The van der Waals surface area contributed by atoms with E-state index in [1.165, 1.54) is 17.5 Å². The first kappa shape index (κ1) is 16.9. The molecule has 0 aliphatic rings. The Morgan fingerprint density at radius 1 is 1.26 bits per heavy atom. The lowest BCUT2D eigenvalue weighted by Gasteiger charge is -2.09. The van der Waals surface area contributed by atoms with Crippen molar-refractivity contribution in [3.63, 3.8) is 0 Å². The molecule has 0 saturated carbocycles. The van der Waals surface area contributed by atoms with Gasteiger partial charge in [0.15, 0.2) is 0 Å². The molecule has 0 aliphatic carbocycles. The van der Waals surface area contributed by atoms with E-state index in [1.807, 2.05) is 0 Å². The molecule has 2 rings (SSSR count). The Hall–Kier alpha value is -2.42. The summed E-state index contributed by atoms with van der Waals surface area (Å²) >= 11 is 1.12. The summed E-state index contributed by atoms with van der Waals surface area (Å²) in [4.78, 5) is 26.4. The topological polar surface area (TPSA) is 79.3 Å². The van der Waals surface area contributed by atoms with Gasteiger partial charge in [-0.1, -0.05) is 6.07 Å². The van der Waals surface area contributed by atoms with Crippen LogP contribution in [0.3, 0.4) is 0 Å². The Balaban J connectivity index is 2.00. The number of thiazole rings is 1. The lowest BCUT2D eigenvalue weighted by Crippen LogP contribution is -2.15. The zero-order valence-corrected chi connectivity index (χ0v) is 12.4. The summed E-state index contributed by atoms with van der Waals surface area (Å²) < 4.78 is 37.8. The predicted molar refractivity (Wildman–Crippen MR) is 77.2 cm³/mol. The molecule has 0 aliphatic heterocycles. The van der Waals surface area contributed by atoms with Gasteiger partial charge in [0.05, 0.1) is 24.1 Å². The molecular weight excluding hydrogens is 333 g/mol. The number of carboxylic acids is 1. The van der Waals surface area contributed by atoms with Gasteiger partial charge in [-0.2, -0.15) is 13.2 Å². The molecule has 0 unspecified atom stereocenters. The van der Waals surface area contributed by atoms with Crippen molar-refractivity contribution in [1.29, 1.82) is 0 Å². The number of nitrogens with one attached hydrogen (secondary N) is 1. The van der Waals surface area contributed by atoms with Crippen molar-refractivity contribution in [2.24, 2.45) is 0 Å². The first-order chi connectivity index (χ1) is 10.7. The number of carbonyl (C=O) groups excluding carboxylic acids is 1. The number of aromatic nitrogens is 1. The van der Waals surface area contributed by atoms with E-state index < -0.39 is 23.6 Å². The van der Waals surface area contributed by atoms with Crippen LogP contribution in [0.4, 0.5) is 18.9 Å². The molecule has 2 N–H and O–H groups in total. The molecule has 2 aromatic rings. The van der Waals surface area contributed by atoms with E-state index in [0.717, 1.165) is 23.5 Å². The van der Waals surface area contributed by atoms with E-state index in [4.69, 9.17) is 5.11 Å². The lowest BCUT2D eigenvalue weighted by atomic mass is 10.2. The summed E-state index contributed by atoms with van der Waals surface area (Å²) in [6.45, 7) is 0. The van der Waals surface area contributed by atoms with E-state index in [0.29, 0.717) is 10.7 Å². The van der Waals surface area contributed by atoms with Gasteiger partial charge < -0.3 is 10.4 Å². The minimum Gasteiger partial charge on any atom is -0.481 e. The summed E-state index contributed by atoms with van der Waals surface area (Å²) in [5.41, 5.74) is -0.482. The molecule has 0 bridgehead atoms. The maximum atomic E-state index is 12.6. The van der Waals surface area contributed by atoms with Gasteiger partial charge in [0.2, 0.25) is 5.91 Å². The highest BCUT2D eigenvalue weighted by atomic mass is 32.1. The Morgan fingerprint density at radius 3 is 2.65 bits per heavy atom. The maximum absolute atomic E-state index is 12.6. The highest BCUT2D eigenvalue weighted by Crippen LogP contribution is 2.30. The third-order valence-electron chi connectivity index (χ3n) is 2.72. The van der Waals surface area contributed by atoms with Gasteiger partial charge in [0.25, 0.3) is 0 Å². The average Bonchev–Trinajstić information content (AvgIpc) is 2.84. The van der Waals surface area contributed by atoms with Crippen molar-refractivity contribution in [2.45, 2.75) is 19.0 Å². The lowest BCUT2D eigenvalue weighted by molar-refractivity contribution is -0.138. The SMILES string of the molecule is O=C(O)Cc1csc(CC(=O)Nc2cccc(C(F)(F)F)c2)n1. The van der Waals surface area contributed by atoms with Gasteiger partial charge in [-0.15, -0.1) is 11.3 Å². The van der Waals surface area contributed by atoms with Gasteiger partial charge in [-0.3, -0.25) is 9.59 Å². The van der Waals surface area contributed by atoms with Gasteiger partial charge >= 0.3 is 12.1 Å². The number of halogens is 3. The highest BCUT2D eigenvalue weighted by Gasteiger charge is 2.30. The summed E-state index contributed by atoms with van der Waals surface area (Å²) in [6.07, 6.45) is -4.87. The van der Waals surface area contributed by atoms with Crippen LogP contribution in [0.2, 0.25) is 0 Å². The van der Waals surface area contributed by atoms with Crippen molar-refractivity contribution in [1.82, 2.24) is 4.98 Å².